The Kier molecular flexibility index (Phi) is 7.54. The third-order valence-corrected chi connectivity index (χ3v) is 7.05. The number of benzene rings is 1. The van der Waals surface area contributed by atoms with Gasteiger partial charge in [0.2, 0.25) is 0 Å². The third-order valence-electron chi connectivity index (χ3n) is 5.86. The molecule has 4 rings (SSSR count). The van der Waals surface area contributed by atoms with Gasteiger partial charge < -0.3 is 9.57 Å². The van der Waals surface area contributed by atoms with Crippen molar-refractivity contribution in [1.82, 2.24) is 20.2 Å². The van der Waals surface area contributed by atoms with Crippen molar-refractivity contribution in [1.29, 1.82) is 0 Å². The summed E-state index contributed by atoms with van der Waals surface area (Å²) < 4.78 is 7.68. The average molecular weight is 508 g/mol. The fraction of sp³-hybridized carbons (Fsp3) is 0.407. The summed E-state index contributed by atoms with van der Waals surface area (Å²) in [5, 5.41) is 9.82. The number of fused-ring (bicyclic) bond motifs is 3. The number of nitrogens with zero attached hydrogens (tertiary/aromatic N) is 4. The first-order valence-corrected chi connectivity index (χ1v) is 12.8. The monoisotopic (exact) mass is 507 g/mol. The van der Waals surface area contributed by atoms with Crippen molar-refractivity contribution in [3.63, 3.8) is 0 Å². The molecule has 2 aromatic heterocycles. The summed E-state index contributed by atoms with van der Waals surface area (Å²) in [6.07, 6.45) is 4.11. The predicted molar refractivity (Wildman–Crippen MR) is 143 cm³/mol. The second kappa shape index (κ2) is 10.5. The maximum atomic E-state index is 12.9. The highest BCUT2D eigenvalue weighted by molar-refractivity contribution is 7.15. The summed E-state index contributed by atoms with van der Waals surface area (Å²) in [4.78, 5) is 24.1. The second-order valence-electron chi connectivity index (χ2n) is 9.77. The molecule has 1 aliphatic heterocycles. The molecular weight excluding hydrogens is 474 g/mol. The van der Waals surface area contributed by atoms with E-state index in [2.05, 4.69) is 53.8 Å². The van der Waals surface area contributed by atoms with Crippen LogP contribution in [0, 0.1) is 20.8 Å². The lowest BCUT2D eigenvalue weighted by Crippen LogP contribution is -2.25. The fourth-order valence-corrected chi connectivity index (χ4v) is 5.36. The summed E-state index contributed by atoms with van der Waals surface area (Å²) >= 11 is 1.70. The van der Waals surface area contributed by atoms with Gasteiger partial charge in [-0.25, -0.2) is 0 Å². The molecule has 1 aromatic carbocycles. The van der Waals surface area contributed by atoms with Gasteiger partial charge in [-0.3, -0.25) is 14.4 Å². The molecule has 0 aliphatic carbocycles. The highest BCUT2D eigenvalue weighted by atomic mass is 32.1. The zero-order valence-corrected chi connectivity index (χ0v) is 22.7. The average Bonchev–Trinajstić information content (AvgIpc) is 3.28. The Labute approximate surface area is 216 Å². The topological polar surface area (TPSA) is 90.6 Å². The van der Waals surface area contributed by atoms with E-state index in [9.17, 15) is 4.79 Å². The number of hydroxylamine groups is 1. The molecule has 0 unspecified atom stereocenters. The molecule has 0 amide bonds. The molecular formula is C27H33N5O3S. The highest BCUT2D eigenvalue weighted by Crippen LogP contribution is 2.39. The van der Waals surface area contributed by atoms with E-state index >= 15 is 0 Å². The number of carbonyl (C=O) groups is 1. The van der Waals surface area contributed by atoms with Crippen molar-refractivity contribution in [2.24, 2.45) is 4.99 Å². The van der Waals surface area contributed by atoms with Crippen LogP contribution in [-0.4, -0.2) is 45.7 Å². The Bertz CT molecular complexity index is 1310. The van der Waals surface area contributed by atoms with Crippen LogP contribution < -0.4 is 5.48 Å². The van der Waals surface area contributed by atoms with E-state index in [0.717, 1.165) is 33.2 Å². The summed E-state index contributed by atoms with van der Waals surface area (Å²) in [6, 6.07) is 7.75. The molecule has 0 fully saturated rings. The molecule has 8 nitrogen and oxygen atoms in total. The van der Waals surface area contributed by atoms with Crippen LogP contribution in [0.25, 0.3) is 11.1 Å². The number of ether oxygens (including phenoxy) is 1. The first-order chi connectivity index (χ1) is 17.1. The van der Waals surface area contributed by atoms with Crippen molar-refractivity contribution < 1.29 is 14.4 Å². The van der Waals surface area contributed by atoms with Crippen molar-refractivity contribution in [2.75, 3.05) is 13.7 Å². The van der Waals surface area contributed by atoms with Crippen LogP contribution in [0.2, 0.25) is 0 Å². The van der Waals surface area contributed by atoms with Gasteiger partial charge in [0.25, 0.3) is 0 Å². The van der Waals surface area contributed by atoms with Gasteiger partial charge in [0.15, 0.2) is 5.82 Å². The van der Waals surface area contributed by atoms with Crippen molar-refractivity contribution >= 4 is 29.1 Å². The lowest BCUT2D eigenvalue weighted by molar-refractivity contribution is -0.155. The minimum Gasteiger partial charge on any atom is -0.460 e. The van der Waals surface area contributed by atoms with E-state index in [1.807, 2.05) is 44.4 Å². The van der Waals surface area contributed by atoms with Crippen molar-refractivity contribution in [2.45, 2.75) is 59.6 Å². The van der Waals surface area contributed by atoms with E-state index in [4.69, 9.17) is 14.6 Å². The Morgan fingerprint density at radius 1 is 1.17 bits per heavy atom. The standard InChI is InChI=1S/C27H33N5O3S/c1-16-17(2)36-26-23(16)24(20-12-10-19(11-13-20)9-8-14-28-34-7)29-21(15-22(33)35-27(4,5)6)25-31-30-18(3)32(25)26/h8-13,21,28H,14-15H2,1-7H3/b9-8+/t21-/m0/s1. The van der Waals surface area contributed by atoms with Crippen LogP contribution in [0.1, 0.15) is 72.0 Å². The molecule has 3 heterocycles. The number of carbonyl (C=O) groups excluding carboxylic acids is 1. The van der Waals surface area contributed by atoms with Gasteiger partial charge in [0.05, 0.1) is 19.2 Å². The maximum Gasteiger partial charge on any atom is 0.308 e. The van der Waals surface area contributed by atoms with Crippen LogP contribution in [0.4, 0.5) is 0 Å². The molecule has 1 N–H and O–H groups in total. The number of hydrogen-bond donors (Lipinski definition) is 1. The number of aromatic nitrogens is 3. The van der Waals surface area contributed by atoms with Gasteiger partial charge in [-0.15, -0.1) is 21.5 Å². The third kappa shape index (κ3) is 5.48. The molecule has 0 spiro atoms. The molecule has 1 aliphatic rings. The molecule has 1 atom stereocenters. The van der Waals surface area contributed by atoms with Gasteiger partial charge >= 0.3 is 5.97 Å². The Hall–Kier alpha value is -3.14. The smallest absolute Gasteiger partial charge is 0.308 e. The first kappa shape index (κ1) is 25.9. The summed E-state index contributed by atoms with van der Waals surface area (Å²) in [5.74, 6) is 1.11. The molecule has 36 heavy (non-hydrogen) atoms. The van der Waals surface area contributed by atoms with Crippen LogP contribution in [0.3, 0.4) is 0 Å². The SMILES string of the molecule is CONC/C=C/c1ccc(C2=N[C@@H](CC(=O)OC(C)(C)C)c3nnc(C)n3-c3sc(C)c(C)c32)cc1. The van der Waals surface area contributed by atoms with Crippen LogP contribution in [-0.2, 0) is 14.4 Å². The zero-order chi connectivity index (χ0) is 26.0. The largest absolute Gasteiger partial charge is 0.460 e. The number of rotatable bonds is 7. The van der Waals surface area contributed by atoms with E-state index in [0.29, 0.717) is 12.4 Å². The van der Waals surface area contributed by atoms with Gasteiger partial charge in [-0.05, 0) is 52.7 Å². The van der Waals surface area contributed by atoms with Crippen LogP contribution in [0.15, 0.2) is 35.3 Å². The van der Waals surface area contributed by atoms with Gasteiger partial charge in [-0.2, -0.15) is 5.48 Å². The van der Waals surface area contributed by atoms with Crippen molar-refractivity contribution in [3.8, 4) is 5.00 Å². The summed E-state index contributed by atoms with van der Waals surface area (Å²) in [5.41, 5.74) is 7.35. The first-order valence-electron chi connectivity index (χ1n) is 11.9. The number of thiophene rings is 1. The number of hydrogen-bond acceptors (Lipinski definition) is 8. The van der Waals surface area contributed by atoms with E-state index in [1.54, 1.807) is 18.4 Å². The Morgan fingerprint density at radius 3 is 2.56 bits per heavy atom. The quantitative estimate of drug-likeness (QED) is 0.274. The van der Waals surface area contributed by atoms with E-state index < -0.39 is 11.6 Å². The molecule has 0 saturated carbocycles. The molecule has 0 saturated heterocycles. The van der Waals surface area contributed by atoms with E-state index in [1.165, 1.54) is 10.4 Å². The van der Waals surface area contributed by atoms with Gasteiger partial charge in [0.1, 0.15) is 22.5 Å². The lowest BCUT2D eigenvalue weighted by atomic mass is 9.98. The molecule has 190 valence electrons. The van der Waals surface area contributed by atoms with Gasteiger partial charge in [0, 0.05) is 22.5 Å². The molecule has 9 heteroatoms. The maximum absolute atomic E-state index is 12.9. The Balaban J connectivity index is 1.80. The minimum atomic E-state index is -0.577. The van der Waals surface area contributed by atoms with Gasteiger partial charge in [-0.1, -0.05) is 36.4 Å². The lowest BCUT2D eigenvalue weighted by Gasteiger charge is -2.21. The number of nitrogens with one attached hydrogen (secondary N) is 1. The second-order valence-corrected chi connectivity index (χ2v) is 11.0. The summed E-state index contributed by atoms with van der Waals surface area (Å²) in [7, 11) is 1.60. The normalized spacial score (nSPS) is 15.4. The number of aliphatic imine (C=N–C) groups is 1. The molecule has 3 aromatic rings. The fourth-order valence-electron chi connectivity index (χ4n) is 4.14. The Morgan fingerprint density at radius 2 is 1.89 bits per heavy atom. The zero-order valence-electron chi connectivity index (χ0n) is 21.9. The van der Waals surface area contributed by atoms with Crippen LogP contribution >= 0.6 is 11.3 Å². The minimum absolute atomic E-state index is 0.0825. The predicted octanol–water partition coefficient (Wildman–Crippen LogP) is 5.04. The number of aryl methyl sites for hydroxylation is 2. The van der Waals surface area contributed by atoms with E-state index in [-0.39, 0.29) is 12.4 Å². The van der Waals surface area contributed by atoms with Crippen molar-refractivity contribution in [3.05, 3.63) is 69.1 Å². The number of esters is 1. The highest BCUT2D eigenvalue weighted by Gasteiger charge is 2.33. The molecule has 0 bridgehead atoms. The summed E-state index contributed by atoms with van der Waals surface area (Å²) in [6.45, 7) is 12.4. The van der Waals surface area contributed by atoms with Crippen LogP contribution in [0.5, 0.6) is 0 Å². The molecule has 0 radical (unpaired) electrons.